The van der Waals surface area contributed by atoms with Gasteiger partial charge in [0.15, 0.2) is 11.5 Å². The number of benzene rings is 1. The molecule has 0 fully saturated rings. The van der Waals surface area contributed by atoms with Crippen molar-refractivity contribution in [2.75, 3.05) is 13.2 Å². The molecule has 0 saturated carbocycles. The summed E-state index contributed by atoms with van der Waals surface area (Å²) in [6.07, 6.45) is 0. The molecule has 6 heteroatoms. The maximum Gasteiger partial charge on any atom is 0.320 e. The minimum Gasteiger partial charge on any atom is -0.490 e. The van der Waals surface area contributed by atoms with E-state index in [1.54, 1.807) is 13.0 Å². The monoisotopic (exact) mass is 301 g/mol. The largest absolute Gasteiger partial charge is 0.490 e. The molecule has 0 spiro atoms. The minimum absolute atomic E-state index is 0.389. The van der Waals surface area contributed by atoms with E-state index in [2.05, 4.69) is 5.32 Å². The Balaban J connectivity index is 2.90. The Morgan fingerprint density at radius 2 is 2.00 bits per heavy atom. The van der Waals surface area contributed by atoms with Crippen LogP contribution in [-0.2, 0) is 11.3 Å². The Kier molecular flexibility index (Phi) is 6.61. The van der Waals surface area contributed by atoms with Gasteiger partial charge in [0, 0.05) is 6.54 Å². The van der Waals surface area contributed by atoms with Gasteiger partial charge in [0.1, 0.15) is 6.04 Å². The van der Waals surface area contributed by atoms with Crippen LogP contribution in [0.2, 0.25) is 5.02 Å². The quantitative estimate of drug-likeness (QED) is 0.773. The van der Waals surface area contributed by atoms with Crippen LogP contribution in [0, 0.1) is 0 Å². The van der Waals surface area contributed by atoms with Crippen LogP contribution in [0.4, 0.5) is 0 Å². The van der Waals surface area contributed by atoms with E-state index in [0.717, 1.165) is 5.56 Å². The maximum absolute atomic E-state index is 10.8. The molecule has 1 atom stereocenters. The number of aliphatic carboxylic acids is 1. The second-order valence-electron chi connectivity index (χ2n) is 4.21. The minimum atomic E-state index is -0.896. The van der Waals surface area contributed by atoms with Gasteiger partial charge in [0.2, 0.25) is 0 Å². The molecule has 0 bridgehead atoms. The first-order valence-electron chi connectivity index (χ1n) is 6.53. The molecule has 0 aromatic heterocycles. The van der Waals surface area contributed by atoms with E-state index >= 15 is 0 Å². The third-order valence-corrected chi connectivity index (χ3v) is 2.92. The standard InChI is InChI=1S/C14H20ClNO4/c1-4-19-12-7-10(8-16-9(3)14(17)18)6-11(15)13(12)20-5-2/h6-7,9,16H,4-5,8H2,1-3H3,(H,17,18). The van der Waals surface area contributed by atoms with Crippen molar-refractivity contribution in [2.45, 2.75) is 33.4 Å². The first-order valence-corrected chi connectivity index (χ1v) is 6.91. The molecule has 1 aromatic carbocycles. The molecule has 0 saturated heterocycles. The van der Waals surface area contributed by atoms with Gasteiger partial charge < -0.3 is 19.9 Å². The van der Waals surface area contributed by atoms with E-state index in [-0.39, 0.29) is 0 Å². The van der Waals surface area contributed by atoms with E-state index in [9.17, 15) is 4.79 Å². The maximum atomic E-state index is 10.8. The van der Waals surface area contributed by atoms with Crippen LogP contribution >= 0.6 is 11.6 Å². The average Bonchev–Trinajstić information content (AvgIpc) is 2.40. The third kappa shape index (κ3) is 4.58. The van der Waals surface area contributed by atoms with Crippen LogP contribution < -0.4 is 14.8 Å². The van der Waals surface area contributed by atoms with Crippen molar-refractivity contribution in [3.05, 3.63) is 22.7 Å². The summed E-state index contributed by atoms with van der Waals surface area (Å²) in [4.78, 5) is 10.8. The van der Waals surface area contributed by atoms with Crippen LogP contribution in [0.15, 0.2) is 12.1 Å². The predicted molar refractivity (Wildman–Crippen MR) is 77.7 cm³/mol. The van der Waals surface area contributed by atoms with Gasteiger partial charge in [-0.15, -0.1) is 0 Å². The first kappa shape index (κ1) is 16.6. The lowest BCUT2D eigenvalue weighted by atomic mass is 10.2. The molecule has 20 heavy (non-hydrogen) atoms. The Bertz CT molecular complexity index is 465. The highest BCUT2D eigenvalue weighted by Crippen LogP contribution is 2.36. The Morgan fingerprint density at radius 1 is 1.35 bits per heavy atom. The zero-order chi connectivity index (χ0) is 15.1. The summed E-state index contributed by atoms with van der Waals surface area (Å²) in [5, 5.41) is 12.2. The van der Waals surface area contributed by atoms with Crippen molar-refractivity contribution >= 4 is 17.6 Å². The zero-order valence-electron chi connectivity index (χ0n) is 11.9. The number of rotatable bonds is 8. The lowest BCUT2D eigenvalue weighted by molar-refractivity contribution is -0.139. The Hall–Kier alpha value is -1.46. The van der Waals surface area contributed by atoms with Crippen LogP contribution in [-0.4, -0.2) is 30.3 Å². The van der Waals surface area contributed by atoms with Crippen molar-refractivity contribution < 1.29 is 19.4 Å². The van der Waals surface area contributed by atoms with Crippen molar-refractivity contribution in [3.63, 3.8) is 0 Å². The SMILES string of the molecule is CCOc1cc(CNC(C)C(=O)O)cc(Cl)c1OCC. The van der Waals surface area contributed by atoms with Gasteiger partial charge >= 0.3 is 5.97 Å². The molecule has 0 aliphatic carbocycles. The average molecular weight is 302 g/mol. The highest BCUT2D eigenvalue weighted by atomic mass is 35.5. The predicted octanol–water partition coefficient (Wildman–Crippen LogP) is 2.70. The van der Waals surface area contributed by atoms with Gasteiger partial charge in [-0.2, -0.15) is 0 Å². The van der Waals surface area contributed by atoms with E-state index in [0.29, 0.717) is 36.3 Å². The first-order chi connectivity index (χ1) is 9.49. The van der Waals surface area contributed by atoms with E-state index in [1.807, 2.05) is 19.9 Å². The van der Waals surface area contributed by atoms with Gasteiger partial charge in [-0.05, 0) is 38.5 Å². The van der Waals surface area contributed by atoms with Gasteiger partial charge in [-0.25, -0.2) is 0 Å². The molecule has 0 aliphatic rings. The summed E-state index contributed by atoms with van der Waals surface area (Å²) in [7, 11) is 0. The van der Waals surface area contributed by atoms with Crippen molar-refractivity contribution in [1.82, 2.24) is 5.32 Å². The van der Waals surface area contributed by atoms with Crippen molar-refractivity contribution in [3.8, 4) is 11.5 Å². The lowest BCUT2D eigenvalue weighted by Gasteiger charge is -2.15. The third-order valence-electron chi connectivity index (χ3n) is 2.64. The molecule has 0 amide bonds. The molecule has 0 radical (unpaired) electrons. The van der Waals surface area contributed by atoms with Crippen molar-refractivity contribution in [1.29, 1.82) is 0 Å². The molecule has 1 aromatic rings. The van der Waals surface area contributed by atoms with Gasteiger partial charge in [0.05, 0.1) is 18.2 Å². The second-order valence-corrected chi connectivity index (χ2v) is 4.62. The Morgan fingerprint density at radius 3 is 2.55 bits per heavy atom. The normalized spacial score (nSPS) is 12.0. The van der Waals surface area contributed by atoms with Crippen molar-refractivity contribution in [2.24, 2.45) is 0 Å². The van der Waals surface area contributed by atoms with E-state index in [4.69, 9.17) is 26.2 Å². The number of carboxylic acid groups (broad SMARTS) is 1. The van der Waals surface area contributed by atoms with Crippen LogP contribution in [0.5, 0.6) is 11.5 Å². The fourth-order valence-electron chi connectivity index (χ4n) is 1.63. The highest BCUT2D eigenvalue weighted by molar-refractivity contribution is 6.32. The molecule has 0 heterocycles. The molecule has 1 unspecified atom stereocenters. The number of nitrogens with one attached hydrogen (secondary N) is 1. The molecule has 112 valence electrons. The summed E-state index contributed by atoms with van der Waals surface area (Å²) >= 11 is 6.18. The fraction of sp³-hybridized carbons (Fsp3) is 0.500. The fourth-order valence-corrected chi connectivity index (χ4v) is 1.92. The summed E-state index contributed by atoms with van der Waals surface area (Å²) in [6, 6.07) is 2.93. The van der Waals surface area contributed by atoms with Crippen LogP contribution in [0.25, 0.3) is 0 Å². The summed E-state index contributed by atoms with van der Waals surface area (Å²) in [6.45, 7) is 6.71. The molecule has 5 nitrogen and oxygen atoms in total. The van der Waals surface area contributed by atoms with Gasteiger partial charge in [0.25, 0.3) is 0 Å². The topological polar surface area (TPSA) is 67.8 Å². The molecule has 2 N–H and O–H groups in total. The number of carboxylic acids is 1. The van der Waals surface area contributed by atoms with Crippen LogP contribution in [0.3, 0.4) is 0 Å². The number of carbonyl (C=O) groups is 1. The lowest BCUT2D eigenvalue weighted by Crippen LogP contribution is -2.33. The summed E-state index contributed by atoms with van der Waals surface area (Å²) in [5.74, 6) is 0.194. The highest BCUT2D eigenvalue weighted by Gasteiger charge is 2.14. The van der Waals surface area contributed by atoms with Gasteiger partial charge in [-0.3, -0.25) is 4.79 Å². The van der Waals surface area contributed by atoms with Crippen LogP contribution in [0.1, 0.15) is 26.3 Å². The zero-order valence-corrected chi connectivity index (χ0v) is 12.7. The number of halogens is 1. The molecular weight excluding hydrogens is 282 g/mol. The number of hydrogen-bond donors (Lipinski definition) is 2. The van der Waals surface area contributed by atoms with E-state index in [1.165, 1.54) is 0 Å². The summed E-state index contributed by atoms with van der Waals surface area (Å²) < 4.78 is 11.0. The summed E-state index contributed by atoms with van der Waals surface area (Å²) in [5.41, 5.74) is 0.843. The molecule has 1 rings (SSSR count). The Labute approximate surface area is 123 Å². The number of ether oxygens (including phenoxy) is 2. The smallest absolute Gasteiger partial charge is 0.320 e. The second kappa shape index (κ2) is 7.97. The van der Waals surface area contributed by atoms with Gasteiger partial charge in [-0.1, -0.05) is 11.6 Å². The molecule has 0 aliphatic heterocycles. The molecular formula is C14H20ClNO4. The number of hydrogen-bond acceptors (Lipinski definition) is 4. The van der Waals surface area contributed by atoms with E-state index < -0.39 is 12.0 Å².